The molecule has 4 aromatic rings. The summed E-state index contributed by atoms with van der Waals surface area (Å²) in [5.74, 6) is -0.913. The van der Waals surface area contributed by atoms with E-state index in [0.29, 0.717) is 47.1 Å². The molecule has 0 unspecified atom stereocenters. The minimum absolute atomic E-state index is 0.0152. The number of benzene rings is 2. The summed E-state index contributed by atoms with van der Waals surface area (Å²) >= 11 is 0. The topological polar surface area (TPSA) is 99.1 Å². The molecule has 7 heterocycles. The summed E-state index contributed by atoms with van der Waals surface area (Å²) in [5.41, 5.74) is -1.07. The van der Waals surface area contributed by atoms with Crippen molar-refractivity contribution in [1.29, 1.82) is 0 Å². The minimum Gasteiger partial charge on any atom is -0.461 e. The highest BCUT2D eigenvalue weighted by atomic mass is 19.1. The van der Waals surface area contributed by atoms with E-state index >= 15 is 8.78 Å². The Bertz CT molecular complexity index is 1900. The van der Waals surface area contributed by atoms with Crippen molar-refractivity contribution in [1.82, 2.24) is 19.9 Å². The Kier molecular flexibility index (Phi) is 7.36. The number of anilines is 1. The van der Waals surface area contributed by atoms with Crippen molar-refractivity contribution in [2.75, 3.05) is 57.5 Å². The van der Waals surface area contributed by atoms with Crippen LogP contribution in [0.3, 0.4) is 0 Å². The highest BCUT2D eigenvalue weighted by Gasteiger charge is 2.49. The van der Waals surface area contributed by atoms with Crippen molar-refractivity contribution >= 4 is 33.6 Å². The van der Waals surface area contributed by atoms with Crippen LogP contribution < -0.4 is 9.64 Å². The van der Waals surface area contributed by atoms with E-state index in [1.54, 1.807) is 31.2 Å². The van der Waals surface area contributed by atoms with Gasteiger partial charge in [-0.2, -0.15) is 9.97 Å². The van der Waals surface area contributed by atoms with Crippen LogP contribution in [0.15, 0.2) is 36.5 Å². The molecule has 0 N–H and O–H groups in total. The van der Waals surface area contributed by atoms with Crippen LogP contribution in [0.25, 0.3) is 32.9 Å². The molecule has 10 nitrogen and oxygen atoms in total. The minimum atomic E-state index is -1.17. The maximum Gasteiger partial charge on any atom is 0.508 e. The fourth-order valence-corrected chi connectivity index (χ4v) is 7.73. The van der Waals surface area contributed by atoms with Crippen LogP contribution in [0.2, 0.25) is 0 Å². The summed E-state index contributed by atoms with van der Waals surface area (Å²) in [6, 6.07) is 8.12. The van der Waals surface area contributed by atoms with Crippen LogP contribution in [-0.2, 0) is 20.6 Å². The number of hydrogen-bond donors (Lipinski definition) is 0. The zero-order valence-electron chi connectivity index (χ0n) is 25.9. The molecule has 0 amide bonds. The summed E-state index contributed by atoms with van der Waals surface area (Å²) in [7, 11) is 0. The molecule has 0 saturated carbocycles. The van der Waals surface area contributed by atoms with Crippen LogP contribution in [0, 0.1) is 11.6 Å². The second kappa shape index (κ2) is 11.5. The zero-order valence-corrected chi connectivity index (χ0v) is 25.9. The number of aromatic nitrogens is 3. The zero-order chi connectivity index (χ0) is 32.3. The SMILES string of the molecule is C[C@@]12COCCN(C1)c1nc(OC[C@@]34CCCN3C[C@H](F)C4)nc3c(F)c(ncc13)-c1cccc3ccc(F)c(c13)CCOC(=O)O2. The van der Waals surface area contributed by atoms with E-state index in [1.165, 1.54) is 12.3 Å². The van der Waals surface area contributed by atoms with Gasteiger partial charge in [0.15, 0.2) is 11.4 Å². The number of carbonyl (C=O) groups is 1. The number of pyridine rings is 1. The van der Waals surface area contributed by atoms with Crippen LogP contribution in [0.4, 0.5) is 23.8 Å². The molecule has 3 atom stereocenters. The Balaban J connectivity index is 1.32. The number of rotatable bonds is 3. The molecule has 0 aliphatic carbocycles. The van der Waals surface area contributed by atoms with Crippen molar-refractivity contribution in [2.24, 2.45) is 0 Å². The largest absolute Gasteiger partial charge is 0.508 e. The molecule has 5 aliphatic heterocycles. The smallest absolute Gasteiger partial charge is 0.461 e. The van der Waals surface area contributed by atoms with Crippen LogP contribution in [-0.4, -0.2) is 95.9 Å². The van der Waals surface area contributed by atoms with E-state index in [2.05, 4.69) is 14.9 Å². The summed E-state index contributed by atoms with van der Waals surface area (Å²) in [6.07, 6.45) is 1.75. The molecule has 3 fully saturated rings. The molecular formula is C34H34F3N5O5. The third-order valence-corrected chi connectivity index (χ3v) is 9.87. The fraction of sp³-hybridized carbons (Fsp3) is 0.471. The van der Waals surface area contributed by atoms with Crippen molar-refractivity contribution in [3.8, 4) is 17.3 Å². The van der Waals surface area contributed by atoms with E-state index in [-0.39, 0.29) is 62.2 Å². The molecule has 3 saturated heterocycles. The molecule has 9 rings (SSSR count). The first-order valence-corrected chi connectivity index (χ1v) is 16.0. The highest BCUT2D eigenvalue weighted by Crippen LogP contribution is 2.41. The van der Waals surface area contributed by atoms with Gasteiger partial charge in [-0.1, -0.05) is 24.3 Å². The Morgan fingerprint density at radius 1 is 1.13 bits per heavy atom. The molecule has 2 aromatic carbocycles. The Hall–Kier alpha value is -4.23. The monoisotopic (exact) mass is 649 g/mol. The number of halogens is 3. The van der Waals surface area contributed by atoms with E-state index in [4.69, 9.17) is 23.9 Å². The van der Waals surface area contributed by atoms with Gasteiger partial charge in [0.25, 0.3) is 0 Å². The van der Waals surface area contributed by atoms with Crippen molar-refractivity contribution < 1.29 is 36.9 Å². The van der Waals surface area contributed by atoms with Crippen molar-refractivity contribution in [2.45, 2.75) is 49.9 Å². The van der Waals surface area contributed by atoms with Crippen molar-refractivity contribution in [3.05, 3.63) is 53.7 Å². The third kappa shape index (κ3) is 5.29. The average molecular weight is 650 g/mol. The number of nitrogens with zero attached hydrogens (tertiary/aromatic N) is 5. The van der Waals surface area contributed by atoms with E-state index in [0.717, 1.165) is 19.4 Å². The first-order chi connectivity index (χ1) is 22.7. The average Bonchev–Trinajstić information content (AvgIpc) is 3.50. The first-order valence-electron chi connectivity index (χ1n) is 16.0. The molecule has 2 aromatic heterocycles. The van der Waals surface area contributed by atoms with Gasteiger partial charge >= 0.3 is 12.2 Å². The molecular weight excluding hydrogens is 615 g/mol. The van der Waals surface area contributed by atoms with E-state index in [9.17, 15) is 9.18 Å². The molecule has 47 heavy (non-hydrogen) atoms. The molecule has 5 aliphatic rings. The van der Waals surface area contributed by atoms with Gasteiger partial charge in [0.1, 0.15) is 35.6 Å². The summed E-state index contributed by atoms with van der Waals surface area (Å²) < 4.78 is 70.1. The molecule has 13 heteroatoms. The van der Waals surface area contributed by atoms with Crippen LogP contribution in [0.5, 0.6) is 6.01 Å². The van der Waals surface area contributed by atoms with Crippen molar-refractivity contribution in [3.63, 3.8) is 0 Å². The van der Waals surface area contributed by atoms with Gasteiger partial charge in [-0.05, 0) is 48.7 Å². The molecule has 0 radical (unpaired) electrons. The van der Waals surface area contributed by atoms with Gasteiger partial charge in [-0.3, -0.25) is 9.88 Å². The molecule has 246 valence electrons. The predicted octanol–water partition coefficient (Wildman–Crippen LogP) is 5.38. The number of carbonyl (C=O) groups excluding carboxylic acids is 1. The van der Waals surface area contributed by atoms with E-state index < -0.39 is 35.1 Å². The Morgan fingerprint density at radius 2 is 2.02 bits per heavy atom. The summed E-state index contributed by atoms with van der Waals surface area (Å²) in [5, 5.41) is 1.43. The maximum absolute atomic E-state index is 16.9. The maximum atomic E-state index is 16.9. The summed E-state index contributed by atoms with van der Waals surface area (Å²) in [4.78, 5) is 30.8. The van der Waals surface area contributed by atoms with Crippen LogP contribution in [0.1, 0.15) is 31.7 Å². The summed E-state index contributed by atoms with van der Waals surface area (Å²) in [6.45, 7) is 3.68. The third-order valence-electron chi connectivity index (χ3n) is 9.87. The number of ether oxygens (including phenoxy) is 4. The number of alkyl halides is 1. The Labute approximate surface area is 268 Å². The lowest BCUT2D eigenvalue weighted by atomic mass is 9.94. The van der Waals surface area contributed by atoms with Gasteiger partial charge in [0.2, 0.25) is 0 Å². The van der Waals surface area contributed by atoms with Gasteiger partial charge in [-0.15, -0.1) is 0 Å². The number of hydrogen-bond acceptors (Lipinski definition) is 10. The quantitative estimate of drug-likeness (QED) is 0.269. The van der Waals surface area contributed by atoms with E-state index in [1.807, 2.05) is 4.90 Å². The molecule has 6 bridgehead atoms. The fourth-order valence-electron chi connectivity index (χ4n) is 7.73. The second-order valence-corrected chi connectivity index (χ2v) is 13.2. The van der Waals surface area contributed by atoms with Gasteiger partial charge in [0, 0.05) is 37.7 Å². The predicted molar refractivity (Wildman–Crippen MR) is 166 cm³/mol. The lowest BCUT2D eigenvalue weighted by Crippen LogP contribution is -2.46. The highest BCUT2D eigenvalue weighted by molar-refractivity contribution is 6.01. The normalized spacial score (nSPS) is 26.4. The van der Waals surface area contributed by atoms with Gasteiger partial charge in [-0.25, -0.2) is 18.0 Å². The lowest BCUT2D eigenvalue weighted by molar-refractivity contribution is -0.0571. The molecule has 0 spiro atoms. The second-order valence-electron chi connectivity index (χ2n) is 13.2. The first kappa shape index (κ1) is 30.1. The lowest BCUT2D eigenvalue weighted by Gasteiger charge is -2.33. The standard InChI is InChI=1S/C34H34F3N5O5/c1-33-17-41(11-13-44-18-33)30-24-15-38-28(23-5-2-4-20-6-7-25(36)22(26(20)23)8-12-45-32(43)47-33)27(37)29(24)39-31(40-30)46-19-34-9-3-10-42(34)16-21(35)14-34/h2,4-7,15,21H,3,8-14,16-19H2,1H3/t21-,33+,34+/m1/s1. The van der Waals surface area contributed by atoms with Gasteiger partial charge < -0.3 is 23.8 Å². The van der Waals surface area contributed by atoms with Gasteiger partial charge in [0.05, 0.1) is 37.3 Å². The Morgan fingerprint density at radius 3 is 2.91 bits per heavy atom. The number of fused-ring (bicyclic) bond motifs is 6. The van der Waals surface area contributed by atoms with Crippen LogP contribution >= 0.6 is 0 Å².